The highest BCUT2D eigenvalue weighted by Gasteiger charge is 2.50. The first-order chi connectivity index (χ1) is 19.8. The molecule has 0 radical (unpaired) electrons. The molecule has 3 aliphatic heterocycles. The number of carbonyl (C=O) groups is 3. The zero-order valence-electron chi connectivity index (χ0n) is 25.0. The molecule has 0 aromatic carbocycles. The first-order valence-electron chi connectivity index (χ1n) is 15.3. The molecule has 3 saturated heterocycles. The van der Waals surface area contributed by atoms with Gasteiger partial charge < -0.3 is 35.2 Å². The lowest BCUT2D eigenvalue weighted by molar-refractivity contribution is -0.209. The number of rotatable bonds is 11. The van der Waals surface area contributed by atoms with Crippen molar-refractivity contribution >= 4 is 24.4 Å². The minimum atomic E-state index is -0.884. The van der Waals surface area contributed by atoms with Crippen LogP contribution in [0.25, 0.3) is 0 Å². The molecular weight excluding hydrogens is 524 g/mol. The molecule has 0 bridgehead atoms. The summed E-state index contributed by atoms with van der Waals surface area (Å²) < 4.78 is 12.1. The van der Waals surface area contributed by atoms with E-state index in [0.29, 0.717) is 88.2 Å². The van der Waals surface area contributed by atoms with Gasteiger partial charge in [0.15, 0.2) is 11.6 Å². The number of hydrogen-bond acceptors (Lipinski definition) is 8. The maximum atomic E-state index is 14.1. The molecule has 228 valence electrons. The fourth-order valence-electron chi connectivity index (χ4n) is 6.65. The van der Waals surface area contributed by atoms with Crippen molar-refractivity contribution in [3.05, 3.63) is 23.0 Å². The summed E-state index contributed by atoms with van der Waals surface area (Å²) in [5.41, 5.74) is 7.88. The van der Waals surface area contributed by atoms with E-state index in [1.54, 1.807) is 11.0 Å². The second-order valence-corrected chi connectivity index (χ2v) is 11.7. The first kappa shape index (κ1) is 31.2. The molecule has 1 saturated carbocycles. The number of aliphatic imine (C=N–C) groups is 1. The summed E-state index contributed by atoms with van der Waals surface area (Å²) in [7, 11) is 2.12. The lowest BCUT2D eigenvalue weighted by Crippen LogP contribution is -2.53. The zero-order chi connectivity index (χ0) is 29.4. The van der Waals surface area contributed by atoms with Gasteiger partial charge in [0.05, 0.1) is 37.1 Å². The molecule has 3 atom stereocenters. The number of amides is 2. The number of hydrogen-bond donors (Lipinski definition) is 2. The number of likely N-dealkylation sites (N-methyl/N-ethyl adjacent to an activating group) is 1. The predicted molar refractivity (Wildman–Crippen MR) is 157 cm³/mol. The predicted octanol–water partition coefficient (Wildman–Crippen LogP) is 1.79. The highest BCUT2D eigenvalue weighted by atomic mass is 16.7. The topological polar surface area (TPSA) is 130 Å². The molecule has 0 aromatic rings. The van der Waals surface area contributed by atoms with Crippen LogP contribution in [0.1, 0.15) is 65.2 Å². The number of nitrogens with one attached hydrogen (secondary N) is 1. The molecule has 0 unspecified atom stereocenters. The van der Waals surface area contributed by atoms with Crippen molar-refractivity contribution in [2.45, 2.75) is 83.1 Å². The van der Waals surface area contributed by atoms with Gasteiger partial charge in [-0.1, -0.05) is 19.8 Å². The molecule has 41 heavy (non-hydrogen) atoms. The van der Waals surface area contributed by atoms with Crippen LogP contribution in [0.5, 0.6) is 0 Å². The van der Waals surface area contributed by atoms with Crippen LogP contribution in [-0.4, -0.2) is 110 Å². The second-order valence-electron chi connectivity index (χ2n) is 11.7. The Hall–Kier alpha value is -2.76. The van der Waals surface area contributed by atoms with E-state index in [9.17, 15) is 14.4 Å². The highest BCUT2D eigenvalue weighted by Crippen LogP contribution is 2.42. The lowest BCUT2D eigenvalue weighted by atomic mass is 9.77. The average molecular weight is 573 g/mol. The number of likely N-dealkylation sites (tertiary alicyclic amines) is 1. The van der Waals surface area contributed by atoms with Crippen molar-refractivity contribution in [3.8, 4) is 0 Å². The molecule has 11 nitrogen and oxygen atoms in total. The summed E-state index contributed by atoms with van der Waals surface area (Å²) >= 11 is 0. The minimum absolute atomic E-state index is 0.00973. The van der Waals surface area contributed by atoms with Gasteiger partial charge >= 0.3 is 0 Å². The third-order valence-corrected chi connectivity index (χ3v) is 9.07. The van der Waals surface area contributed by atoms with Gasteiger partial charge in [-0.15, -0.1) is 0 Å². The number of ether oxygens (including phenoxy) is 2. The Morgan fingerprint density at radius 1 is 1.12 bits per heavy atom. The zero-order valence-corrected chi connectivity index (χ0v) is 25.0. The van der Waals surface area contributed by atoms with Crippen LogP contribution < -0.4 is 11.1 Å². The molecule has 0 aromatic heterocycles. The van der Waals surface area contributed by atoms with E-state index in [-0.39, 0.29) is 17.5 Å². The normalized spacial score (nSPS) is 28.1. The standard InChI is InChI=1S/C30H48N6O5/c1-4-8-24(29(39)25-10-5-6-11-30(25)40-15-16-41-30)28(31)26(33-20-37)17-27(32-18-23-9-7-12-34(23)3)35-13-14-36(21-38)22(2)19-35/h17,20-23,25H,4-16,18-19,31H2,1-3H3,(H,33,37)/b26-17-,28-24-,32-27?/t22-,23-,25+/m0/s1. The van der Waals surface area contributed by atoms with Crippen LogP contribution >= 0.6 is 0 Å². The number of nitrogens with two attached hydrogens (primary N) is 1. The van der Waals surface area contributed by atoms with Crippen molar-refractivity contribution in [1.29, 1.82) is 0 Å². The molecule has 3 heterocycles. The Kier molecular flexibility index (Phi) is 11.0. The van der Waals surface area contributed by atoms with Crippen LogP contribution in [-0.2, 0) is 23.9 Å². The van der Waals surface area contributed by atoms with E-state index in [1.165, 1.54) is 0 Å². The van der Waals surface area contributed by atoms with Crippen LogP contribution in [0.15, 0.2) is 28.0 Å². The monoisotopic (exact) mass is 572 g/mol. The number of piperazine rings is 1. The molecule has 3 N–H and O–H groups in total. The van der Waals surface area contributed by atoms with Crippen molar-refractivity contribution in [1.82, 2.24) is 20.0 Å². The van der Waals surface area contributed by atoms with Crippen molar-refractivity contribution in [2.24, 2.45) is 16.6 Å². The van der Waals surface area contributed by atoms with Crippen molar-refractivity contribution < 1.29 is 23.9 Å². The van der Waals surface area contributed by atoms with Gasteiger partial charge in [-0.3, -0.25) is 19.4 Å². The van der Waals surface area contributed by atoms with Gasteiger partial charge in [0.1, 0.15) is 5.84 Å². The quantitative estimate of drug-likeness (QED) is 0.126. The summed E-state index contributed by atoms with van der Waals surface area (Å²) in [5, 5.41) is 2.78. The van der Waals surface area contributed by atoms with Gasteiger partial charge in [0.2, 0.25) is 12.8 Å². The van der Waals surface area contributed by atoms with Crippen LogP contribution in [0.2, 0.25) is 0 Å². The number of allylic oxidation sites excluding steroid dienone is 1. The summed E-state index contributed by atoms with van der Waals surface area (Å²) in [6.45, 7) is 8.43. The number of carbonyl (C=O) groups excluding carboxylic acids is 3. The van der Waals surface area contributed by atoms with Crippen molar-refractivity contribution in [3.63, 3.8) is 0 Å². The molecule has 11 heteroatoms. The van der Waals surface area contributed by atoms with Crippen LogP contribution in [0, 0.1) is 5.92 Å². The third kappa shape index (κ3) is 7.18. The summed E-state index contributed by atoms with van der Waals surface area (Å²) in [4.78, 5) is 48.7. The van der Waals surface area contributed by atoms with Gasteiger partial charge in [-0.2, -0.15) is 0 Å². The molecule has 2 amide bonds. The fourth-order valence-corrected chi connectivity index (χ4v) is 6.65. The number of ketones is 1. The molecule has 1 aliphatic carbocycles. The highest BCUT2D eigenvalue weighted by molar-refractivity contribution is 6.00. The van der Waals surface area contributed by atoms with Crippen molar-refractivity contribution in [2.75, 3.05) is 53.0 Å². The molecular formula is C30H48N6O5. The molecule has 4 aliphatic rings. The Labute approximate surface area is 244 Å². The first-order valence-corrected chi connectivity index (χ1v) is 15.3. The van der Waals surface area contributed by atoms with Gasteiger partial charge in [-0.25, -0.2) is 0 Å². The smallest absolute Gasteiger partial charge is 0.211 e. The third-order valence-electron chi connectivity index (χ3n) is 9.07. The minimum Gasteiger partial charge on any atom is -0.397 e. The molecule has 4 fully saturated rings. The summed E-state index contributed by atoms with van der Waals surface area (Å²) in [6.07, 6.45) is 9.95. The molecule has 4 rings (SSSR count). The SMILES string of the molecule is CCC/C(C(=O)[C@H]1CCCCC12OCCO2)=C(N)\C(=C\C(=NC[C@@H]1CCCN1C)N1CCN(C=O)[C@@H](C)C1)NC=O. The van der Waals surface area contributed by atoms with Crippen LogP contribution in [0.4, 0.5) is 0 Å². The Balaban J connectivity index is 1.70. The van der Waals surface area contributed by atoms with E-state index in [4.69, 9.17) is 20.2 Å². The summed E-state index contributed by atoms with van der Waals surface area (Å²) in [6, 6.07) is 0.351. The Morgan fingerprint density at radius 3 is 2.54 bits per heavy atom. The van der Waals surface area contributed by atoms with Gasteiger partial charge in [0, 0.05) is 49.8 Å². The summed E-state index contributed by atoms with van der Waals surface area (Å²) in [5.74, 6) is -0.691. The van der Waals surface area contributed by atoms with E-state index in [2.05, 4.69) is 22.2 Å². The van der Waals surface area contributed by atoms with E-state index >= 15 is 0 Å². The second kappa shape index (κ2) is 14.4. The number of Topliss-reactive ketones (excluding diaryl/α,β-unsaturated/α-hetero) is 1. The Morgan fingerprint density at radius 2 is 1.90 bits per heavy atom. The number of amidine groups is 1. The lowest BCUT2D eigenvalue weighted by Gasteiger charge is -2.39. The van der Waals surface area contributed by atoms with Gasteiger partial charge in [0.25, 0.3) is 0 Å². The maximum absolute atomic E-state index is 14.1. The number of nitrogens with zero attached hydrogens (tertiary/aromatic N) is 4. The van der Waals surface area contributed by atoms with E-state index < -0.39 is 11.7 Å². The van der Waals surface area contributed by atoms with E-state index in [0.717, 1.165) is 45.1 Å². The van der Waals surface area contributed by atoms with E-state index in [1.807, 2.05) is 13.8 Å². The van der Waals surface area contributed by atoms with Crippen LogP contribution in [0.3, 0.4) is 0 Å². The van der Waals surface area contributed by atoms with Gasteiger partial charge in [-0.05, 0) is 52.6 Å². The largest absolute Gasteiger partial charge is 0.397 e. The fraction of sp³-hybridized carbons (Fsp3) is 0.733. The molecule has 1 spiro atoms. The average Bonchev–Trinajstić information content (AvgIpc) is 3.61. The Bertz CT molecular complexity index is 1040. The maximum Gasteiger partial charge on any atom is 0.211 e.